The van der Waals surface area contributed by atoms with Crippen LogP contribution in [-0.4, -0.2) is 31.8 Å². The summed E-state index contributed by atoms with van der Waals surface area (Å²) in [6.07, 6.45) is 10.3. The lowest BCUT2D eigenvalue weighted by atomic mass is 9.95. The van der Waals surface area contributed by atoms with Gasteiger partial charge in [0.2, 0.25) is 5.95 Å². The fraction of sp³-hybridized carbons (Fsp3) is 0.444. The standard InChI is InChI=1S/C18H21N5O2/c1-12-15(17(24)25-14-5-3-2-4-6-14)16(13-7-9-19-10-8-13)23-18(22-12)20-11-21-23/h7-11,14,16H,2-6H2,1H3,(H,20,21,22). The Kier molecular flexibility index (Phi) is 4.21. The molecular weight excluding hydrogens is 318 g/mol. The zero-order valence-corrected chi connectivity index (χ0v) is 14.2. The number of aromatic nitrogens is 4. The number of pyridine rings is 1. The molecule has 4 rings (SSSR count). The second-order valence-electron chi connectivity index (χ2n) is 6.54. The van der Waals surface area contributed by atoms with E-state index < -0.39 is 0 Å². The largest absolute Gasteiger partial charge is 0.459 e. The molecule has 2 aromatic rings. The molecule has 2 aromatic heterocycles. The lowest BCUT2D eigenvalue weighted by molar-refractivity contribution is -0.146. The van der Waals surface area contributed by atoms with Crippen LogP contribution in [0.3, 0.4) is 0 Å². The Morgan fingerprint density at radius 3 is 2.76 bits per heavy atom. The van der Waals surface area contributed by atoms with Gasteiger partial charge in [0.25, 0.3) is 0 Å². The van der Waals surface area contributed by atoms with E-state index >= 15 is 0 Å². The van der Waals surface area contributed by atoms with Crippen LogP contribution >= 0.6 is 0 Å². The molecule has 130 valence electrons. The molecule has 0 aromatic carbocycles. The van der Waals surface area contributed by atoms with Crippen molar-refractivity contribution in [3.63, 3.8) is 0 Å². The summed E-state index contributed by atoms with van der Waals surface area (Å²) in [5.74, 6) is 0.341. The molecule has 1 aliphatic heterocycles. The zero-order chi connectivity index (χ0) is 17.2. The normalized spacial score (nSPS) is 20.8. The topological polar surface area (TPSA) is 81.9 Å². The highest BCUT2D eigenvalue weighted by Gasteiger charge is 2.35. The first-order chi connectivity index (χ1) is 12.2. The number of carbonyl (C=O) groups is 1. The van der Waals surface area contributed by atoms with Crippen LogP contribution in [0.5, 0.6) is 0 Å². The number of carbonyl (C=O) groups excluding carboxylic acids is 1. The lowest BCUT2D eigenvalue weighted by Crippen LogP contribution is -2.32. The first kappa shape index (κ1) is 15.8. The summed E-state index contributed by atoms with van der Waals surface area (Å²) in [6, 6.07) is 3.42. The van der Waals surface area contributed by atoms with Crippen LogP contribution in [0.25, 0.3) is 0 Å². The van der Waals surface area contributed by atoms with Crippen molar-refractivity contribution in [3.05, 3.63) is 47.7 Å². The minimum atomic E-state index is -0.363. The van der Waals surface area contributed by atoms with Crippen molar-refractivity contribution in [1.82, 2.24) is 19.7 Å². The number of fused-ring (bicyclic) bond motifs is 1. The maximum atomic E-state index is 13.0. The number of nitrogens with zero attached hydrogens (tertiary/aromatic N) is 4. The van der Waals surface area contributed by atoms with Crippen LogP contribution in [0.2, 0.25) is 0 Å². The average molecular weight is 339 g/mol. The summed E-state index contributed by atoms with van der Waals surface area (Å²) < 4.78 is 7.55. The van der Waals surface area contributed by atoms with E-state index in [-0.39, 0.29) is 18.1 Å². The zero-order valence-electron chi connectivity index (χ0n) is 14.2. The Morgan fingerprint density at radius 2 is 2.00 bits per heavy atom. The van der Waals surface area contributed by atoms with Crippen molar-refractivity contribution >= 4 is 11.9 Å². The number of nitrogens with one attached hydrogen (secondary N) is 1. The van der Waals surface area contributed by atoms with Gasteiger partial charge in [-0.15, -0.1) is 0 Å². The van der Waals surface area contributed by atoms with E-state index in [1.165, 1.54) is 12.7 Å². The monoisotopic (exact) mass is 339 g/mol. The van der Waals surface area contributed by atoms with Crippen molar-refractivity contribution < 1.29 is 9.53 Å². The highest BCUT2D eigenvalue weighted by Crippen LogP contribution is 2.35. The number of ether oxygens (including phenoxy) is 1. The Balaban J connectivity index is 1.69. The molecule has 1 saturated carbocycles. The summed E-state index contributed by atoms with van der Waals surface area (Å²) in [4.78, 5) is 21.3. The molecule has 1 aliphatic carbocycles. The highest BCUT2D eigenvalue weighted by molar-refractivity contribution is 5.92. The summed E-state index contributed by atoms with van der Waals surface area (Å²) in [7, 11) is 0. The fourth-order valence-electron chi connectivity index (χ4n) is 3.61. The van der Waals surface area contributed by atoms with E-state index in [0.29, 0.717) is 11.5 Å². The SMILES string of the molecule is CC1=C(C(=O)OC2CCCCC2)C(c2ccncc2)n2ncnc2N1. The maximum absolute atomic E-state index is 13.0. The molecule has 1 unspecified atom stereocenters. The Morgan fingerprint density at radius 1 is 1.24 bits per heavy atom. The van der Waals surface area contributed by atoms with E-state index in [0.717, 1.165) is 36.9 Å². The second kappa shape index (κ2) is 6.66. The number of anilines is 1. The van der Waals surface area contributed by atoms with Crippen LogP contribution in [0.4, 0.5) is 5.95 Å². The molecule has 0 saturated heterocycles. The Labute approximate surface area is 146 Å². The van der Waals surface area contributed by atoms with Crippen LogP contribution in [-0.2, 0) is 9.53 Å². The van der Waals surface area contributed by atoms with E-state index in [2.05, 4.69) is 20.4 Å². The molecule has 7 heteroatoms. The number of hydrogen-bond donors (Lipinski definition) is 1. The van der Waals surface area contributed by atoms with Crippen LogP contribution in [0.1, 0.15) is 50.6 Å². The number of rotatable bonds is 3. The first-order valence-electron chi connectivity index (χ1n) is 8.72. The molecule has 0 bridgehead atoms. The van der Waals surface area contributed by atoms with Crippen LogP contribution in [0, 0.1) is 0 Å². The van der Waals surface area contributed by atoms with Crippen LogP contribution in [0.15, 0.2) is 42.1 Å². The Hall–Kier alpha value is -2.70. The van der Waals surface area contributed by atoms with E-state index in [9.17, 15) is 4.79 Å². The van der Waals surface area contributed by atoms with Gasteiger partial charge in [0, 0.05) is 18.1 Å². The molecule has 25 heavy (non-hydrogen) atoms. The van der Waals surface area contributed by atoms with Gasteiger partial charge in [-0.1, -0.05) is 6.42 Å². The summed E-state index contributed by atoms with van der Waals surface area (Å²) >= 11 is 0. The molecule has 2 aliphatic rings. The van der Waals surface area contributed by atoms with Crippen molar-refractivity contribution in [2.75, 3.05) is 5.32 Å². The summed E-state index contributed by atoms with van der Waals surface area (Å²) in [6.45, 7) is 1.88. The maximum Gasteiger partial charge on any atom is 0.338 e. The third kappa shape index (κ3) is 3.01. The van der Waals surface area contributed by atoms with Crippen molar-refractivity contribution in [2.45, 2.75) is 51.2 Å². The molecule has 3 heterocycles. The van der Waals surface area contributed by atoms with Crippen LogP contribution < -0.4 is 5.32 Å². The molecule has 0 amide bonds. The first-order valence-corrected chi connectivity index (χ1v) is 8.72. The van der Waals surface area contributed by atoms with E-state index in [4.69, 9.17) is 4.74 Å². The molecule has 1 atom stereocenters. The number of esters is 1. The van der Waals surface area contributed by atoms with Gasteiger partial charge in [-0.25, -0.2) is 9.48 Å². The van der Waals surface area contributed by atoms with Gasteiger partial charge >= 0.3 is 5.97 Å². The number of hydrogen-bond acceptors (Lipinski definition) is 6. The van der Waals surface area contributed by atoms with E-state index in [1.54, 1.807) is 17.1 Å². The summed E-state index contributed by atoms with van der Waals surface area (Å²) in [5, 5.41) is 7.47. The predicted molar refractivity (Wildman–Crippen MR) is 91.7 cm³/mol. The molecular formula is C18H21N5O2. The lowest BCUT2D eigenvalue weighted by Gasteiger charge is -2.30. The predicted octanol–water partition coefficient (Wildman–Crippen LogP) is 2.84. The molecule has 1 fully saturated rings. The van der Waals surface area contributed by atoms with Gasteiger partial charge < -0.3 is 10.1 Å². The van der Waals surface area contributed by atoms with Crippen molar-refractivity contribution in [2.24, 2.45) is 0 Å². The van der Waals surface area contributed by atoms with Gasteiger partial charge in [-0.3, -0.25) is 4.98 Å². The van der Waals surface area contributed by atoms with Gasteiger partial charge in [0.05, 0.1) is 5.57 Å². The molecule has 0 radical (unpaired) electrons. The van der Waals surface area contributed by atoms with Gasteiger partial charge in [0.15, 0.2) is 0 Å². The van der Waals surface area contributed by atoms with Gasteiger partial charge in [-0.2, -0.15) is 10.1 Å². The molecule has 1 N–H and O–H groups in total. The van der Waals surface area contributed by atoms with Crippen molar-refractivity contribution in [1.29, 1.82) is 0 Å². The number of allylic oxidation sites excluding steroid dienone is 1. The molecule has 0 spiro atoms. The third-order valence-corrected chi connectivity index (χ3v) is 4.86. The summed E-state index contributed by atoms with van der Waals surface area (Å²) in [5.41, 5.74) is 2.26. The second-order valence-corrected chi connectivity index (χ2v) is 6.54. The van der Waals surface area contributed by atoms with Crippen molar-refractivity contribution in [3.8, 4) is 0 Å². The minimum Gasteiger partial charge on any atom is -0.459 e. The minimum absolute atomic E-state index is 0.0109. The Bertz CT molecular complexity index is 793. The van der Waals surface area contributed by atoms with Gasteiger partial charge in [-0.05, 0) is 50.3 Å². The van der Waals surface area contributed by atoms with Gasteiger partial charge in [0.1, 0.15) is 18.5 Å². The quantitative estimate of drug-likeness (QED) is 0.866. The smallest absolute Gasteiger partial charge is 0.338 e. The highest BCUT2D eigenvalue weighted by atomic mass is 16.5. The molecule has 7 nitrogen and oxygen atoms in total. The fourth-order valence-corrected chi connectivity index (χ4v) is 3.61. The van der Waals surface area contributed by atoms with E-state index in [1.807, 2.05) is 19.1 Å². The third-order valence-electron chi connectivity index (χ3n) is 4.86. The average Bonchev–Trinajstić information content (AvgIpc) is 3.10.